The zero-order valence-corrected chi connectivity index (χ0v) is 31.5. The van der Waals surface area contributed by atoms with Crippen molar-refractivity contribution < 1.29 is 56.8 Å². The van der Waals surface area contributed by atoms with Gasteiger partial charge in [-0.05, 0) is 22.3 Å². The lowest BCUT2D eigenvalue weighted by molar-refractivity contribution is -0.370. The van der Waals surface area contributed by atoms with Crippen LogP contribution in [0.5, 0.6) is 0 Å². The number of benzene rings is 4. The van der Waals surface area contributed by atoms with Gasteiger partial charge in [0, 0.05) is 25.3 Å². The van der Waals surface area contributed by atoms with E-state index in [9.17, 15) is 0 Å². The van der Waals surface area contributed by atoms with Crippen LogP contribution in [0.2, 0.25) is 0 Å². The molecule has 12 nitrogen and oxygen atoms in total. The van der Waals surface area contributed by atoms with Crippen molar-refractivity contribution in [3.63, 3.8) is 0 Å². The average molecular weight is 769 g/mol. The lowest BCUT2D eigenvalue weighted by Crippen LogP contribution is -2.63. The quantitative estimate of drug-likeness (QED) is 0.246. The summed E-state index contributed by atoms with van der Waals surface area (Å²) in [4.78, 5) is 0. The van der Waals surface area contributed by atoms with E-state index in [1.807, 2.05) is 109 Å². The highest BCUT2D eigenvalue weighted by atomic mass is 16.8. The number of ether oxygens (including phenoxy) is 12. The van der Waals surface area contributed by atoms with Crippen LogP contribution in [0.25, 0.3) is 0 Å². The molecule has 9 rings (SSSR count). The lowest BCUT2D eigenvalue weighted by Gasteiger charge is -2.49. The summed E-state index contributed by atoms with van der Waals surface area (Å²) in [7, 11) is 3.22. The van der Waals surface area contributed by atoms with Gasteiger partial charge in [0.25, 0.3) is 0 Å². The monoisotopic (exact) mass is 768 g/mol. The molecular weight excluding hydrogens is 720 g/mol. The van der Waals surface area contributed by atoms with E-state index in [0.717, 1.165) is 33.4 Å². The third kappa shape index (κ3) is 7.95. The number of fused-ring (bicyclic) bond motifs is 8. The van der Waals surface area contributed by atoms with Crippen molar-refractivity contribution in [2.24, 2.45) is 0 Å². The van der Waals surface area contributed by atoms with Crippen LogP contribution >= 0.6 is 0 Å². The van der Waals surface area contributed by atoms with Crippen molar-refractivity contribution in [3.8, 4) is 0 Å². The fourth-order valence-electron chi connectivity index (χ4n) is 8.19. The highest BCUT2D eigenvalue weighted by molar-refractivity contribution is 5.27. The van der Waals surface area contributed by atoms with Crippen LogP contribution in [0, 0.1) is 0 Å². The van der Waals surface area contributed by atoms with E-state index >= 15 is 0 Å². The summed E-state index contributed by atoms with van der Waals surface area (Å²) in [6.45, 7) is 1.58. The molecule has 5 aliphatic rings. The van der Waals surface area contributed by atoms with Gasteiger partial charge in [-0.25, -0.2) is 0 Å². The first-order chi connectivity index (χ1) is 27.7. The minimum absolute atomic E-state index is 0.235. The molecule has 12 atom stereocenters. The zero-order chi connectivity index (χ0) is 37.8. The van der Waals surface area contributed by atoms with Gasteiger partial charge in [-0.3, -0.25) is 0 Å². The Labute approximate surface area is 326 Å². The third-order valence-corrected chi connectivity index (χ3v) is 11.1. The minimum Gasteiger partial charge on any atom is -0.368 e. The molecule has 296 valence electrons. The maximum Gasteiger partial charge on any atom is 0.186 e. The Bertz CT molecular complexity index is 1730. The minimum atomic E-state index is -0.739. The first kappa shape index (κ1) is 37.9. The van der Waals surface area contributed by atoms with Crippen molar-refractivity contribution in [3.05, 3.63) is 143 Å². The Balaban J connectivity index is 1.05. The summed E-state index contributed by atoms with van der Waals surface area (Å²) in [6.07, 6.45) is -7.02. The van der Waals surface area contributed by atoms with Gasteiger partial charge in [0.05, 0.1) is 39.6 Å². The topological polar surface area (TPSA) is 111 Å². The van der Waals surface area contributed by atoms with Crippen LogP contribution < -0.4 is 0 Å². The Kier molecular flexibility index (Phi) is 11.9. The summed E-state index contributed by atoms with van der Waals surface area (Å²) in [6, 6.07) is 35.9. The number of hydrogen-bond acceptors (Lipinski definition) is 12. The number of hydrogen-bond donors (Lipinski definition) is 0. The van der Waals surface area contributed by atoms with E-state index in [-0.39, 0.29) is 26.4 Å². The van der Waals surface area contributed by atoms with E-state index < -0.39 is 74.0 Å². The maximum atomic E-state index is 6.91. The molecule has 12 heteroatoms. The molecule has 0 N–H and O–H groups in total. The molecule has 0 amide bonds. The molecule has 0 saturated carbocycles. The van der Waals surface area contributed by atoms with Crippen LogP contribution in [-0.4, -0.2) is 88.8 Å². The highest BCUT2D eigenvalue weighted by Crippen LogP contribution is 2.40. The number of rotatable bonds is 4. The molecule has 4 fully saturated rings. The first-order valence-electron chi connectivity index (χ1n) is 19.3. The lowest BCUT2D eigenvalue weighted by atomic mass is 9.96. The summed E-state index contributed by atoms with van der Waals surface area (Å²) in [5.74, 6) is 0. The second-order valence-electron chi connectivity index (χ2n) is 14.6. The van der Waals surface area contributed by atoms with Crippen molar-refractivity contribution in [2.45, 2.75) is 100 Å². The second kappa shape index (κ2) is 17.5. The van der Waals surface area contributed by atoms with Crippen LogP contribution in [0.3, 0.4) is 0 Å². The van der Waals surface area contributed by atoms with Crippen molar-refractivity contribution >= 4 is 0 Å². The SMILES string of the molecule is CO[C@H]1O[C@@H]2COC(c3ccccc3)O[C@H]2[C@@H]2OCc3ccccc3CO[C@@H]3[C@@H](OCc4ccccc4CO[C@@H]12)[C@@H](OC)O[C@@H]1COC(c2ccccc2)O[C@@H]31. The molecule has 4 saturated heterocycles. The Morgan fingerprint density at radius 3 is 1.07 bits per heavy atom. The molecule has 0 aliphatic carbocycles. The summed E-state index contributed by atoms with van der Waals surface area (Å²) < 4.78 is 77.8. The van der Waals surface area contributed by atoms with Gasteiger partial charge >= 0.3 is 0 Å². The molecular formula is C44H48O12. The van der Waals surface area contributed by atoms with E-state index in [1.165, 1.54) is 0 Å². The molecule has 4 aromatic carbocycles. The summed E-state index contributed by atoms with van der Waals surface area (Å²) in [5.41, 5.74) is 5.59. The van der Waals surface area contributed by atoms with E-state index in [1.54, 1.807) is 14.2 Å². The molecule has 0 spiro atoms. The van der Waals surface area contributed by atoms with Crippen LogP contribution in [0.1, 0.15) is 46.0 Å². The average Bonchev–Trinajstić information content (AvgIpc) is 3.26. The van der Waals surface area contributed by atoms with E-state index in [2.05, 4.69) is 0 Å². The summed E-state index contributed by atoms with van der Waals surface area (Å²) >= 11 is 0. The molecule has 0 aromatic heterocycles. The molecule has 0 radical (unpaired) electrons. The molecule has 5 heterocycles. The second-order valence-corrected chi connectivity index (χ2v) is 14.6. The van der Waals surface area contributed by atoms with Crippen LogP contribution in [-0.2, 0) is 83.3 Å². The van der Waals surface area contributed by atoms with Crippen molar-refractivity contribution in [2.75, 3.05) is 27.4 Å². The fourth-order valence-corrected chi connectivity index (χ4v) is 8.19. The van der Waals surface area contributed by atoms with Gasteiger partial charge in [-0.1, -0.05) is 109 Å². The van der Waals surface area contributed by atoms with E-state index in [4.69, 9.17) is 56.8 Å². The molecule has 2 unspecified atom stereocenters. The molecule has 0 bridgehead atoms. The predicted octanol–water partition coefficient (Wildman–Crippen LogP) is 5.91. The number of methoxy groups -OCH3 is 2. The van der Waals surface area contributed by atoms with Crippen molar-refractivity contribution in [1.82, 2.24) is 0 Å². The van der Waals surface area contributed by atoms with Crippen LogP contribution in [0.4, 0.5) is 0 Å². The molecule has 5 aliphatic heterocycles. The maximum absolute atomic E-state index is 6.91. The smallest absolute Gasteiger partial charge is 0.186 e. The standard InChI is InChI=1S/C44H48O12/c1-45-43-39-37(35-33(53-43)25-51-41(55-35)27-13-5-3-6-14-27)47-21-29-17-9-10-18-30(29)22-48-38-36-34(26-52-42(56-36)28-15-7-4-8-16-28)54-44(46-2)40(38)50-24-32-20-12-11-19-31(32)23-49-39/h3-20,33-44H,21-26H2,1-2H3/t33-,34-,35-,36-,37+,38+,39-,40-,41?,42?,43+,44+/m1/s1. The summed E-state index contributed by atoms with van der Waals surface area (Å²) in [5, 5.41) is 0. The normalized spacial score (nSPS) is 35.0. The Morgan fingerprint density at radius 2 is 0.714 bits per heavy atom. The highest BCUT2D eigenvalue weighted by Gasteiger charge is 2.53. The fraction of sp³-hybridized carbons (Fsp3) is 0.455. The largest absolute Gasteiger partial charge is 0.368 e. The van der Waals surface area contributed by atoms with Gasteiger partial charge in [0.15, 0.2) is 25.2 Å². The third-order valence-electron chi connectivity index (χ3n) is 11.1. The van der Waals surface area contributed by atoms with Gasteiger partial charge in [-0.2, -0.15) is 0 Å². The predicted molar refractivity (Wildman–Crippen MR) is 199 cm³/mol. The Hall–Kier alpha value is -3.60. The van der Waals surface area contributed by atoms with Gasteiger partial charge in [-0.15, -0.1) is 0 Å². The van der Waals surface area contributed by atoms with Gasteiger partial charge < -0.3 is 56.8 Å². The van der Waals surface area contributed by atoms with Gasteiger partial charge in [0.2, 0.25) is 0 Å². The molecule has 56 heavy (non-hydrogen) atoms. The van der Waals surface area contributed by atoms with Gasteiger partial charge in [0.1, 0.15) is 48.8 Å². The van der Waals surface area contributed by atoms with Crippen molar-refractivity contribution in [1.29, 1.82) is 0 Å². The first-order valence-corrected chi connectivity index (χ1v) is 19.3. The van der Waals surface area contributed by atoms with E-state index in [0.29, 0.717) is 13.2 Å². The Morgan fingerprint density at radius 1 is 0.375 bits per heavy atom. The molecule has 4 aromatic rings. The van der Waals surface area contributed by atoms with Crippen LogP contribution in [0.15, 0.2) is 109 Å². The zero-order valence-electron chi connectivity index (χ0n) is 31.5.